The second kappa shape index (κ2) is 7.07. The molecule has 0 bridgehead atoms. The monoisotopic (exact) mass is 327 g/mol. The first kappa shape index (κ1) is 16.6. The van der Waals surface area contributed by atoms with Gasteiger partial charge in [-0.15, -0.1) is 0 Å². The topological polar surface area (TPSA) is 19.4 Å². The zero-order chi connectivity index (χ0) is 16.3. The normalized spacial score (nSPS) is 24.5. The second-order valence-electron chi connectivity index (χ2n) is 6.57. The van der Waals surface area contributed by atoms with E-state index < -0.39 is 11.9 Å². The highest BCUT2D eigenvalue weighted by molar-refractivity contribution is 5.40. The van der Waals surface area contributed by atoms with Crippen LogP contribution in [0.5, 0.6) is 0 Å². The van der Waals surface area contributed by atoms with Gasteiger partial charge in [0.1, 0.15) is 11.5 Å². The van der Waals surface area contributed by atoms with Crippen molar-refractivity contribution in [2.45, 2.75) is 50.7 Å². The van der Waals surface area contributed by atoms with Gasteiger partial charge >= 0.3 is 6.18 Å². The number of hydrogen-bond acceptors (Lipinski definition) is 3. The number of aromatic nitrogens is 1. The number of rotatable bonds is 2. The van der Waals surface area contributed by atoms with Crippen LogP contribution in [0.4, 0.5) is 19.0 Å². The number of piperidine rings is 1. The molecule has 23 heavy (non-hydrogen) atoms. The SMILES string of the molecule is FC(F)(F)c1cccc(N2CCCC(N3CCCCCC3)C2)n1. The fourth-order valence-corrected chi connectivity index (χ4v) is 3.68. The highest BCUT2D eigenvalue weighted by Gasteiger charge is 2.33. The van der Waals surface area contributed by atoms with Crippen LogP contribution in [0.2, 0.25) is 0 Å². The van der Waals surface area contributed by atoms with E-state index in [2.05, 4.69) is 9.88 Å². The lowest BCUT2D eigenvalue weighted by Gasteiger charge is -2.39. The maximum atomic E-state index is 12.9. The molecule has 3 nitrogen and oxygen atoms in total. The average Bonchev–Trinajstić information content (AvgIpc) is 2.84. The maximum absolute atomic E-state index is 12.9. The van der Waals surface area contributed by atoms with Crippen molar-refractivity contribution in [2.24, 2.45) is 0 Å². The highest BCUT2D eigenvalue weighted by Crippen LogP contribution is 2.30. The Morgan fingerprint density at radius 2 is 1.70 bits per heavy atom. The minimum absolute atomic E-state index is 0.443. The van der Waals surface area contributed by atoms with E-state index in [-0.39, 0.29) is 0 Å². The molecule has 2 aliphatic rings. The van der Waals surface area contributed by atoms with Crippen molar-refractivity contribution in [1.82, 2.24) is 9.88 Å². The zero-order valence-corrected chi connectivity index (χ0v) is 13.4. The molecule has 128 valence electrons. The van der Waals surface area contributed by atoms with Gasteiger partial charge in [-0.1, -0.05) is 18.9 Å². The molecule has 2 fully saturated rings. The Morgan fingerprint density at radius 1 is 0.957 bits per heavy atom. The van der Waals surface area contributed by atoms with Crippen molar-refractivity contribution in [3.63, 3.8) is 0 Å². The minimum Gasteiger partial charge on any atom is -0.355 e. The van der Waals surface area contributed by atoms with Gasteiger partial charge in [-0.3, -0.25) is 4.90 Å². The Kier molecular flexibility index (Phi) is 5.09. The molecule has 1 atom stereocenters. The second-order valence-corrected chi connectivity index (χ2v) is 6.57. The number of likely N-dealkylation sites (tertiary alicyclic amines) is 1. The van der Waals surface area contributed by atoms with Gasteiger partial charge in [0.15, 0.2) is 0 Å². The third kappa shape index (κ3) is 4.16. The third-order valence-electron chi connectivity index (χ3n) is 4.90. The molecular weight excluding hydrogens is 303 g/mol. The van der Waals surface area contributed by atoms with Crippen molar-refractivity contribution < 1.29 is 13.2 Å². The Bertz CT molecular complexity index is 510. The molecule has 0 radical (unpaired) electrons. The van der Waals surface area contributed by atoms with Gasteiger partial charge in [-0.2, -0.15) is 13.2 Å². The summed E-state index contributed by atoms with van der Waals surface area (Å²) in [5.74, 6) is 0.458. The molecule has 0 aromatic carbocycles. The van der Waals surface area contributed by atoms with Crippen molar-refractivity contribution in [2.75, 3.05) is 31.1 Å². The van der Waals surface area contributed by atoms with Gasteiger partial charge in [-0.05, 0) is 50.9 Å². The summed E-state index contributed by atoms with van der Waals surface area (Å²) in [5, 5.41) is 0. The van der Waals surface area contributed by atoms with Crippen LogP contribution in [0.1, 0.15) is 44.2 Å². The van der Waals surface area contributed by atoms with Gasteiger partial charge in [0.05, 0.1) is 0 Å². The summed E-state index contributed by atoms with van der Waals surface area (Å²) in [5.41, 5.74) is -0.799. The fraction of sp³-hybridized carbons (Fsp3) is 0.706. The number of pyridine rings is 1. The van der Waals surface area contributed by atoms with Crippen LogP contribution in [0, 0.1) is 0 Å². The molecule has 1 aromatic heterocycles. The third-order valence-corrected chi connectivity index (χ3v) is 4.90. The molecule has 0 N–H and O–H groups in total. The summed E-state index contributed by atoms with van der Waals surface area (Å²) in [4.78, 5) is 8.40. The molecular formula is C17H24F3N3. The quantitative estimate of drug-likeness (QED) is 0.820. The predicted molar refractivity (Wildman–Crippen MR) is 84.5 cm³/mol. The average molecular weight is 327 g/mol. The van der Waals surface area contributed by atoms with E-state index in [1.54, 1.807) is 6.07 Å². The Morgan fingerprint density at radius 3 is 2.39 bits per heavy atom. The fourth-order valence-electron chi connectivity index (χ4n) is 3.68. The van der Waals surface area contributed by atoms with Gasteiger partial charge in [0.2, 0.25) is 0 Å². The molecule has 3 rings (SSSR count). The van der Waals surface area contributed by atoms with Crippen molar-refractivity contribution in [3.8, 4) is 0 Å². The molecule has 0 spiro atoms. The number of halogens is 3. The molecule has 0 aliphatic carbocycles. The van der Waals surface area contributed by atoms with E-state index in [0.29, 0.717) is 11.9 Å². The molecule has 2 aliphatic heterocycles. The highest BCUT2D eigenvalue weighted by atomic mass is 19.4. The van der Waals surface area contributed by atoms with E-state index in [4.69, 9.17) is 0 Å². The molecule has 0 saturated carbocycles. The molecule has 1 unspecified atom stereocenters. The van der Waals surface area contributed by atoms with E-state index >= 15 is 0 Å². The summed E-state index contributed by atoms with van der Waals surface area (Å²) in [6.07, 6.45) is 2.82. The van der Waals surface area contributed by atoms with Gasteiger partial charge in [0, 0.05) is 19.1 Å². The van der Waals surface area contributed by atoms with Crippen LogP contribution in [-0.2, 0) is 6.18 Å². The maximum Gasteiger partial charge on any atom is 0.433 e. The van der Waals surface area contributed by atoms with Crippen LogP contribution in [0.25, 0.3) is 0 Å². The van der Waals surface area contributed by atoms with Crippen LogP contribution >= 0.6 is 0 Å². The molecule has 3 heterocycles. The van der Waals surface area contributed by atoms with Gasteiger partial charge in [-0.25, -0.2) is 4.98 Å². The largest absolute Gasteiger partial charge is 0.433 e. The smallest absolute Gasteiger partial charge is 0.355 e. The summed E-state index contributed by atoms with van der Waals surface area (Å²) in [7, 11) is 0. The molecule has 1 aromatic rings. The van der Waals surface area contributed by atoms with E-state index in [1.807, 2.05) is 4.90 Å². The van der Waals surface area contributed by atoms with Crippen molar-refractivity contribution >= 4 is 5.82 Å². The first-order valence-corrected chi connectivity index (χ1v) is 8.57. The minimum atomic E-state index is -4.38. The Balaban J connectivity index is 1.70. The van der Waals surface area contributed by atoms with Gasteiger partial charge < -0.3 is 4.90 Å². The standard InChI is InChI=1S/C17H24F3N3/c18-17(19,20)15-8-5-9-16(21-15)23-12-6-7-14(13-23)22-10-3-1-2-4-11-22/h5,8-9,14H,1-4,6-7,10-13H2. The van der Waals surface area contributed by atoms with Gasteiger partial charge in [0.25, 0.3) is 0 Å². The van der Waals surface area contributed by atoms with Crippen LogP contribution < -0.4 is 4.90 Å². The van der Waals surface area contributed by atoms with Crippen LogP contribution in [0.15, 0.2) is 18.2 Å². The predicted octanol–water partition coefficient (Wildman–Crippen LogP) is 3.95. The van der Waals surface area contributed by atoms with Crippen LogP contribution in [0.3, 0.4) is 0 Å². The van der Waals surface area contributed by atoms with E-state index in [0.717, 1.165) is 45.1 Å². The first-order valence-electron chi connectivity index (χ1n) is 8.57. The number of anilines is 1. The molecule has 6 heteroatoms. The van der Waals surface area contributed by atoms with Crippen LogP contribution in [-0.4, -0.2) is 42.1 Å². The lowest BCUT2D eigenvalue weighted by atomic mass is 10.0. The number of alkyl halides is 3. The number of nitrogens with zero attached hydrogens (tertiary/aromatic N) is 3. The first-order chi connectivity index (χ1) is 11.0. The lowest BCUT2D eigenvalue weighted by molar-refractivity contribution is -0.141. The van der Waals surface area contributed by atoms with Crippen molar-refractivity contribution in [3.05, 3.63) is 23.9 Å². The van der Waals surface area contributed by atoms with Crippen molar-refractivity contribution in [1.29, 1.82) is 0 Å². The zero-order valence-electron chi connectivity index (χ0n) is 13.4. The number of hydrogen-bond donors (Lipinski definition) is 0. The summed E-state index contributed by atoms with van der Waals surface area (Å²) in [6, 6.07) is 4.64. The summed E-state index contributed by atoms with van der Waals surface area (Å²) >= 11 is 0. The lowest BCUT2D eigenvalue weighted by Crippen LogP contribution is -2.48. The van der Waals surface area contributed by atoms with E-state index in [9.17, 15) is 13.2 Å². The summed E-state index contributed by atoms with van der Waals surface area (Å²) in [6.45, 7) is 3.82. The van der Waals surface area contributed by atoms with E-state index in [1.165, 1.54) is 31.7 Å². The summed E-state index contributed by atoms with van der Waals surface area (Å²) < 4.78 is 38.6. The Labute approximate surface area is 135 Å². The Hall–Kier alpha value is -1.30. The molecule has 2 saturated heterocycles. The molecule has 0 amide bonds.